The number of aromatic nitrogens is 2. The maximum Gasteiger partial charge on any atom is 0.412 e. The van der Waals surface area contributed by atoms with E-state index in [1.807, 2.05) is 24.8 Å². The van der Waals surface area contributed by atoms with E-state index in [1.165, 1.54) is 12.1 Å². The van der Waals surface area contributed by atoms with Crippen LogP contribution in [0.5, 0.6) is 6.01 Å². The van der Waals surface area contributed by atoms with Crippen LogP contribution in [0.3, 0.4) is 0 Å². The van der Waals surface area contributed by atoms with E-state index in [0.29, 0.717) is 13.0 Å². The van der Waals surface area contributed by atoms with Crippen LogP contribution in [0.25, 0.3) is 32.1 Å². The minimum atomic E-state index is -1.01. The Kier molecular flexibility index (Phi) is 10.8. The molecule has 4 aromatic rings. The molecule has 1 N–H and O–H groups in total. The van der Waals surface area contributed by atoms with Crippen LogP contribution in [0.15, 0.2) is 18.2 Å². The van der Waals surface area contributed by atoms with Gasteiger partial charge in [0, 0.05) is 54.5 Å². The number of ether oxygens (including phenoxy) is 3. The molecule has 3 aliphatic heterocycles. The molecule has 3 saturated heterocycles. The van der Waals surface area contributed by atoms with Crippen molar-refractivity contribution in [3.63, 3.8) is 0 Å². The van der Waals surface area contributed by atoms with E-state index in [0.717, 1.165) is 30.4 Å². The zero-order valence-corrected chi connectivity index (χ0v) is 35.2. The van der Waals surface area contributed by atoms with Gasteiger partial charge in [0.1, 0.15) is 52.2 Å². The number of hydrogen-bond acceptors (Lipinski definition) is 12. The van der Waals surface area contributed by atoms with E-state index in [1.54, 1.807) is 46.4 Å². The van der Waals surface area contributed by atoms with E-state index in [-0.39, 0.29) is 98.3 Å². The lowest BCUT2D eigenvalue weighted by Gasteiger charge is -2.45. The lowest BCUT2D eigenvalue weighted by atomic mass is 9.93. The SMILES string of the molecule is C[C@@H]1CN(c2nc(OC[C@@]34CCCN3C[C@H](F)C4)nc3c(F)c(-c4ccc(F)c5sc(NC(=O)OC(C)(C)C)c(C#N)c45)c(C#N)cc23)[C@@H](C)CN1C(=O)OC(C)(C)C. The Morgan fingerprint density at radius 2 is 1.75 bits per heavy atom. The van der Waals surface area contributed by atoms with Crippen molar-refractivity contribution in [2.24, 2.45) is 0 Å². The maximum atomic E-state index is 17.6. The van der Waals surface area contributed by atoms with Crippen molar-refractivity contribution >= 4 is 55.3 Å². The summed E-state index contributed by atoms with van der Waals surface area (Å²) >= 11 is 0.781. The number of anilines is 2. The van der Waals surface area contributed by atoms with Crippen molar-refractivity contribution in [1.82, 2.24) is 19.8 Å². The van der Waals surface area contributed by atoms with Crippen LogP contribution in [0.1, 0.15) is 85.8 Å². The molecule has 0 bridgehead atoms. The number of nitrogens with one attached hydrogen (secondary N) is 1. The lowest BCUT2D eigenvalue weighted by Crippen LogP contribution is -2.59. The van der Waals surface area contributed by atoms with E-state index in [2.05, 4.69) is 21.3 Å². The Hall–Kier alpha value is -5.39. The molecule has 2 aromatic heterocycles. The second-order valence-electron chi connectivity index (χ2n) is 17.6. The fraction of sp³-hybridized carbons (Fsp3) is 0.524. The van der Waals surface area contributed by atoms with E-state index >= 15 is 8.78 Å². The van der Waals surface area contributed by atoms with Crippen molar-refractivity contribution in [3.05, 3.63) is 41.0 Å². The number of fused-ring (bicyclic) bond motifs is 3. The number of rotatable bonds is 6. The first-order valence-electron chi connectivity index (χ1n) is 19.6. The molecule has 0 aliphatic carbocycles. The van der Waals surface area contributed by atoms with Crippen molar-refractivity contribution in [2.75, 3.05) is 43.0 Å². The third-order valence-electron chi connectivity index (χ3n) is 10.9. The highest BCUT2D eigenvalue weighted by atomic mass is 32.1. The molecule has 0 spiro atoms. The molecular weight excluding hydrogens is 786 g/mol. The van der Waals surface area contributed by atoms with E-state index in [4.69, 9.17) is 19.2 Å². The molecule has 13 nitrogen and oxygen atoms in total. The highest BCUT2D eigenvalue weighted by Gasteiger charge is 2.49. The number of nitriles is 2. The average Bonchev–Trinajstić information content (AvgIpc) is 3.80. The quantitative estimate of drug-likeness (QED) is 0.198. The summed E-state index contributed by atoms with van der Waals surface area (Å²) in [6.45, 7) is 15.7. The van der Waals surface area contributed by atoms with Crippen LogP contribution in [0.4, 0.5) is 33.6 Å². The largest absolute Gasteiger partial charge is 0.461 e. The monoisotopic (exact) mass is 832 g/mol. The number of carbonyl (C=O) groups excluding carboxylic acids is 2. The molecule has 59 heavy (non-hydrogen) atoms. The first-order valence-corrected chi connectivity index (χ1v) is 20.4. The number of hydrogen-bond donors (Lipinski definition) is 1. The molecular formula is C42H47F3N8O5S. The van der Waals surface area contributed by atoms with Crippen LogP contribution in [0.2, 0.25) is 0 Å². The number of nitrogens with zero attached hydrogens (tertiary/aromatic N) is 7. The predicted molar refractivity (Wildman–Crippen MR) is 217 cm³/mol. The first kappa shape index (κ1) is 41.8. The van der Waals surface area contributed by atoms with Crippen molar-refractivity contribution in [1.29, 1.82) is 10.5 Å². The topological polar surface area (TPSA) is 157 Å². The van der Waals surface area contributed by atoms with E-state index in [9.17, 15) is 24.5 Å². The van der Waals surface area contributed by atoms with Crippen molar-refractivity contribution < 1.29 is 37.0 Å². The molecule has 5 heterocycles. The van der Waals surface area contributed by atoms with Gasteiger partial charge in [-0.3, -0.25) is 10.2 Å². The molecule has 3 fully saturated rings. The Morgan fingerprint density at radius 3 is 2.42 bits per heavy atom. The first-order chi connectivity index (χ1) is 27.7. The zero-order valence-electron chi connectivity index (χ0n) is 34.3. The predicted octanol–water partition coefficient (Wildman–Crippen LogP) is 8.67. The van der Waals surface area contributed by atoms with Crippen LogP contribution in [0, 0.1) is 34.3 Å². The summed E-state index contributed by atoms with van der Waals surface area (Å²) in [6, 6.07) is 7.05. The number of thiophene rings is 1. The molecule has 7 rings (SSSR count). The molecule has 0 unspecified atom stereocenters. The summed E-state index contributed by atoms with van der Waals surface area (Å²) in [5.74, 6) is -1.42. The highest BCUT2D eigenvalue weighted by molar-refractivity contribution is 7.23. The van der Waals surface area contributed by atoms with Crippen LogP contribution >= 0.6 is 11.3 Å². The van der Waals surface area contributed by atoms with Crippen LogP contribution in [-0.4, -0.2) is 99.7 Å². The van der Waals surface area contributed by atoms with Gasteiger partial charge in [-0.25, -0.2) is 22.8 Å². The third-order valence-corrected chi connectivity index (χ3v) is 12.0. The number of alkyl halides is 1. The molecule has 0 saturated carbocycles. The van der Waals surface area contributed by atoms with Gasteiger partial charge in [0.15, 0.2) is 5.82 Å². The van der Waals surface area contributed by atoms with Gasteiger partial charge in [0.05, 0.1) is 27.4 Å². The van der Waals surface area contributed by atoms with Gasteiger partial charge in [-0.2, -0.15) is 20.5 Å². The second kappa shape index (κ2) is 15.3. The second-order valence-corrected chi connectivity index (χ2v) is 18.7. The molecule has 312 valence electrons. The number of amides is 2. The minimum Gasteiger partial charge on any atom is -0.461 e. The molecule has 4 atom stereocenters. The number of benzene rings is 2. The fourth-order valence-electron chi connectivity index (χ4n) is 8.44. The van der Waals surface area contributed by atoms with Gasteiger partial charge in [0.25, 0.3) is 0 Å². The summed E-state index contributed by atoms with van der Waals surface area (Å²) in [7, 11) is 0. The van der Waals surface area contributed by atoms with Gasteiger partial charge >= 0.3 is 18.2 Å². The van der Waals surface area contributed by atoms with Gasteiger partial charge in [0.2, 0.25) is 0 Å². The number of carbonyl (C=O) groups is 2. The molecule has 0 radical (unpaired) electrons. The van der Waals surface area contributed by atoms with E-state index < -0.39 is 46.7 Å². The number of piperazine rings is 1. The third kappa shape index (κ3) is 8.02. The summed E-state index contributed by atoms with van der Waals surface area (Å²) in [4.78, 5) is 41.0. The Labute approximate surface area is 344 Å². The van der Waals surface area contributed by atoms with Crippen molar-refractivity contribution in [3.8, 4) is 29.3 Å². The zero-order chi connectivity index (χ0) is 42.8. The highest BCUT2D eigenvalue weighted by Crippen LogP contribution is 2.46. The smallest absolute Gasteiger partial charge is 0.412 e. The fourth-order valence-corrected chi connectivity index (χ4v) is 9.51. The molecule has 17 heteroatoms. The normalized spacial score (nSPS) is 22.3. The minimum absolute atomic E-state index is 0.00721. The van der Waals surface area contributed by atoms with Crippen molar-refractivity contribution in [2.45, 2.75) is 110 Å². The Balaban J connectivity index is 1.38. The Bertz CT molecular complexity index is 2440. The maximum absolute atomic E-state index is 17.6. The average molecular weight is 833 g/mol. The molecule has 2 amide bonds. The lowest BCUT2D eigenvalue weighted by molar-refractivity contribution is 0.0129. The molecule has 3 aliphatic rings. The van der Waals surface area contributed by atoms with Crippen LogP contribution in [-0.2, 0) is 9.47 Å². The standard InChI is InChI=1S/C42H47F3N8O5S/c1-22-19-53(39(55)58-41(6,7)8)23(2)18-52(22)35-27-14-24(16-46)30(32(45)33(27)48-37(49-35)56-21-42-12-9-13-51(42)20-25(43)15-42)26-10-11-29(44)34-31(26)28(17-47)36(59-34)50-38(54)57-40(3,4)5/h10-11,14,22-23,25H,9,12-13,15,18-21H2,1-8H3,(H,50,54)/t22-,23+,25+,42-/m0/s1. The van der Waals surface area contributed by atoms with Gasteiger partial charge in [-0.15, -0.1) is 11.3 Å². The van der Waals surface area contributed by atoms with Gasteiger partial charge in [-0.05, 0) is 92.5 Å². The van der Waals surface area contributed by atoms with Gasteiger partial charge in [-0.1, -0.05) is 6.07 Å². The number of halogens is 3. The van der Waals surface area contributed by atoms with Gasteiger partial charge < -0.3 is 24.0 Å². The summed E-state index contributed by atoms with van der Waals surface area (Å²) in [5, 5.41) is 23.7. The Morgan fingerprint density at radius 1 is 1.02 bits per heavy atom. The summed E-state index contributed by atoms with van der Waals surface area (Å²) in [6.07, 6.45) is -0.482. The van der Waals surface area contributed by atoms with Crippen LogP contribution < -0.4 is 15.0 Å². The molecule has 2 aromatic carbocycles. The summed E-state index contributed by atoms with van der Waals surface area (Å²) in [5.41, 5.74) is -2.86. The summed E-state index contributed by atoms with van der Waals surface area (Å²) < 4.78 is 65.1.